The van der Waals surface area contributed by atoms with Crippen molar-refractivity contribution in [1.29, 1.82) is 0 Å². The fourth-order valence-corrected chi connectivity index (χ4v) is 4.64. The van der Waals surface area contributed by atoms with Gasteiger partial charge < -0.3 is 13.7 Å². The van der Waals surface area contributed by atoms with Gasteiger partial charge in [0.05, 0.1) is 29.6 Å². The second kappa shape index (κ2) is 8.91. The summed E-state index contributed by atoms with van der Waals surface area (Å²) in [7, 11) is 1.61. The minimum Gasteiger partial charge on any atom is -0.496 e. The summed E-state index contributed by atoms with van der Waals surface area (Å²) in [6.45, 7) is 4.05. The molecule has 4 heterocycles. The van der Waals surface area contributed by atoms with E-state index in [0.29, 0.717) is 33.8 Å². The first-order valence-corrected chi connectivity index (χ1v) is 11.8. The summed E-state index contributed by atoms with van der Waals surface area (Å²) in [5.74, 6) is 1.40. The average molecular weight is 490 g/mol. The molecule has 37 heavy (non-hydrogen) atoms. The van der Waals surface area contributed by atoms with E-state index in [4.69, 9.17) is 14.1 Å². The standard InChI is InChI=1S/C29H23N5O3/c1-18-15-20(19(2)33(18)21-11-13-30-14-12-21)17-31-34-28(32-24-8-5-4-7-22(24)29(34)35)27-16-23-25(36-3)9-6-10-26(23)37-27/h4-17H,1-3H3. The molecule has 0 aliphatic carbocycles. The molecular weight excluding hydrogens is 466 g/mol. The number of methoxy groups -OCH3 is 1. The van der Waals surface area contributed by atoms with Crippen molar-refractivity contribution in [2.45, 2.75) is 13.8 Å². The molecule has 0 aliphatic rings. The molecule has 8 heteroatoms. The third kappa shape index (κ3) is 3.79. The Kier molecular flexibility index (Phi) is 5.41. The van der Waals surface area contributed by atoms with Gasteiger partial charge >= 0.3 is 0 Å². The number of fused-ring (bicyclic) bond motifs is 2. The predicted molar refractivity (Wildman–Crippen MR) is 144 cm³/mol. The van der Waals surface area contributed by atoms with Crippen molar-refractivity contribution in [2.75, 3.05) is 7.11 Å². The van der Waals surface area contributed by atoms with Crippen LogP contribution >= 0.6 is 0 Å². The monoisotopic (exact) mass is 489 g/mol. The Hall–Kier alpha value is -4.98. The van der Waals surface area contributed by atoms with Gasteiger partial charge in [-0.2, -0.15) is 9.78 Å². The van der Waals surface area contributed by atoms with Gasteiger partial charge in [0.1, 0.15) is 11.3 Å². The Morgan fingerprint density at radius 2 is 1.78 bits per heavy atom. The van der Waals surface area contributed by atoms with Crippen molar-refractivity contribution in [1.82, 2.24) is 19.2 Å². The lowest BCUT2D eigenvalue weighted by atomic mass is 10.2. The third-order valence-corrected chi connectivity index (χ3v) is 6.42. The number of hydrogen-bond donors (Lipinski definition) is 0. The van der Waals surface area contributed by atoms with Crippen molar-refractivity contribution in [3.8, 4) is 23.0 Å². The number of aryl methyl sites for hydroxylation is 1. The van der Waals surface area contributed by atoms with Crippen molar-refractivity contribution < 1.29 is 9.15 Å². The molecule has 2 aromatic carbocycles. The smallest absolute Gasteiger partial charge is 0.282 e. The highest BCUT2D eigenvalue weighted by molar-refractivity contribution is 5.89. The van der Waals surface area contributed by atoms with E-state index in [1.807, 2.05) is 68.4 Å². The minimum absolute atomic E-state index is 0.285. The van der Waals surface area contributed by atoms with Crippen LogP contribution in [0.4, 0.5) is 0 Å². The average Bonchev–Trinajstić information content (AvgIpc) is 3.48. The highest BCUT2D eigenvalue weighted by atomic mass is 16.5. The molecule has 0 atom stereocenters. The molecule has 0 fully saturated rings. The van der Waals surface area contributed by atoms with Crippen LogP contribution in [0.25, 0.3) is 39.1 Å². The number of benzene rings is 2. The highest BCUT2D eigenvalue weighted by Crippen LogP contribution is 2.33. The molecule has 4 aromatic heterocycles. The molecule has 8 nitrogen and oxygen atoms in total. The zero-order valence-corrected chi connectivity index (χ0v) is 20.5. The zero-order chi connectivity index (χ0) is 25.5. The second-order valence-electron chi connectivity index (χ2n) is 8.66. The molecule has 6 rings (SSSR count). The quantitative estimate of drug-likeness (QED) is 0.298. The Morgan fingerprint density at radius 3 is 2.59 bits per heavy atom. The van der Waals surface area contributed by atoms with Crippen LogP contribution in [0.1, 0.15) is 17.0 Å². The Morgan fingerprint density at radius 1 is 0.973 bits per heavy atom. The number of para-hydroxylation sites is 1. The molecule has 6 aromatic rings. The van der Waals surface area contributed by atoms with Gasteiger partial charge in [-0.05, 0) is 62.4 Å². The topological polar surface area (TPSA) is 87.4 Å². The third-order valence-electron chi connectivity index (χ3n) is 6.42. The van der Waals surface area contributed by atoms with Crippen molar-refractivity contribution in [3.63, 3.8) is 0 Å². The molecular formula is C29H23N5O3. The Bertz CT molecular complexity index is 1860. The summed E-state index contributed by atoms with van der Waals surface area (Å²) in [6, 6.07) is 20.5. The van der Waals surface area contributed by atoms with E-state index >= 15 is 0 Å². The molecule has 0 aliphatic heterocycles. The molecule has 0 amide bonds. The van der Waals surface area contributed by atoms with Crippen LogP contribution in [0.5, 0.6) is 5.75 Å². The normalized spacial score (nSPS) is 11.6. The Balaban J connectivity index is 1.53. The molecule has 182 valence electrons. The van der Waals surface area contributed by atoms with Crippen LogP contribution in [-0.4, -0.2) is 32.5 Å². The maximum atomic E-state index is 13.6. The van der Waals surface area contributed by atoms with Crippen LogP contribution in [-0.2, 0) is 0 Å². The fourth-order valence-electron chi connectivity index (χ4n) is 4.64. The van der Waals surface area contributed by atoms with Gasteiger partial charge in [-0.15, -0.1) is 0 Å². The van der Waals surface area contributed by atoms with E-state index in [1.54, 1.807) is 37.9 Å². The van der Waals surface area contributed by atoms with E-state index in [2.05, 4.69) is 14.7 Å². The van der Waals surface area contributed by atoms with Gasteiger partial charge in [-0.3, -0.25) is 9.78 Å². The fraction of sp³-hybridized carbons (Fsp3) is 0.103. The molecule has 0 radical (unpaired) electrons. The molecule has 0 unspecified atom stereocenters. The van der Waals surface area contributed by atoms with Crippen LogP contribution in [0.15, 0.2) is 93.4 Å². The van der Waals surface area contributed by atoms with Crippen LogP contribution < -0.4 is 10.3 Å². The van der Waals surface area contributed by atoms with Gasteiger partial charge in [0.15, 0.2) is 5.76 Å². The van der Waals surface area contributed by atoms with Gasteiger partial charge in [0.25, 0.3) is 5.56 Å². The number of ether oxygens (including phenoxy) is 1. The lowest BCUT2D eigenvalue weighted by molar-refractivity contribution is 0.419. The largest absolute Gasteiger partial charge is 0.496 e. The first kappa shape index (κ1) is 22.5. The van der Waals surface area contributed by atoms with Gasteiger partial charge in [0.2, 0.25) is 5.82 Å². The summed E-state index contributed by atoms with van der Waals surface area (Å²) in [6.07, 6.45) is 5.21. The number of nitrogens with zero attached hydrogens (tertiary/aromatic N) is 5. The predicted octanol–water partition coefficient (Wildman–Crippen LogP) is 5.50. The van der Waals surface area contributed by atoms with E-state index in [0.717, 1.165) is 28.0 Å². The summed E-state index contributed by atoms with van der Waals surface area (Å²) >= 11 is 0. The van der Waals surface area contributed by atoms with Crippen LogP contribution in [0, 0.1) is 13.8 Å². The van der Waals surface area contributed by atoms with E-state index in [-0.39, 0.29) is 5.56 Å². The van der Waals surface area contributed by atoms with E-state index < -0.39 is 0 Å². The molecule has 0 spiro atoms. The number of pyridine rings is 1. The van der Waals surface area contributed by atoms with Crippen molar-refractivity contribution in [3.05, 3.63) is 106 Å². The number of furan rings is 1. The minimum atomic E-state index is -0.285. The summed E-state index contributed by atoms with van der Waals surface area (Å²) in [4.78, 5) is 22.5. The van der Waals surface area contributed by atoms with Crippen molar-refractivity contribution >= 4 is 28.1 Å². The summed E-state index contributed by atoms with van der Waals surface area (Å²) < 4.78 is 15.0. The molecule has 0 saturated heterocycles. The van der Waals surface area contributed by atoms with Crippen LogP contribution in [0.3, 0.4) is 0 Å². The number of rotatable bonds is 5. The van der Waals surface area contributed by atoms with E-state index in [1.165, 1.54) is 4.68 Å². The van der Waals surface area contributed by atoms with Crippen LogP contribution in [0.2, 0.25) is 0 Å². The molecule has 0 N–H and O–H groups in total. The zero-order valence-electron chi connectivity index (χ0n) is 20.5. The SMILES string of the molecule is COc1cccc2oc(-c3nc4ccccc4c(=O)n3N=Cc3cc(C)n(-c4ccncc4)c3C)cc12. The maximum absolute atomic E-state index is 13.6. The summed E-state index contributed by atoms with van der Waals surface area (Å²) in [5, 5.41) is 5.89. The maximum Gasteiger partial charge on any atom is 0.282 e. The highest BCUT2D eigenvalue weighted by Gasteiger charge is 2.18. The molecule has 0 bridgehead atoms. The lowest BCUT2D eigenvalue weighted by Gasteiger charge is -2.09. The first-order chi connectivity index (χ1) is 18.0. The first-order valence-electron chi connectivity index (χ1n) is 11.8. The number of hydrogen-bond acceptors (Lipinski definition) is 6. The lowest BCUT2D eigenvalue weighted by Crippen LogP contribution is -2.20. The van der Waals surface area contributed by atoms with Crippen molar-refractivity contribution in [2.24, 2.45) is 5.10 Å². The van der Waals surface area contributed by atoms with Gasteiger partial charge in [-0.1, -0.05) is 18.2 Å². The summed E-state index contributed by atoms with van der Waals surface area (Å²) in [5.41, 5.74) is 4.83. The van der Waals surface area contributed by atoms with Gasteiger partial charge in [-0.25, -0.2) is 4.98 Å². The second-order valence-corrected chi connectivity index (χ2v) is 8.66. The van der Waals surface area contributed by atoms with E-state index in [9.17, 15) is 4.79 Å². The Labute approximate surface area is 212 Å². The number of aromatic nitrogens is 4. The van der Waals surface area contributed by atoms with Gasteiger partial charge in [0, 0.05) is 35.0 Å². The molecule has 0 saturated carbocycles.